The summed E-state index contributed by atoms with van der Waals surface area (Å²) < 4.78 is 14.3. The van der Waals surface area contributed by atoms with E-state index in [0.29, 0.717) is 0 Å². The van der Waals surface area contributed by atoms with Crippen LogP contribution in [-0.2, 0) is 3.10 Å². The molecular weight excluding hydrogens is 312 g/mol. The zero-order valence-corrected chi connectivity index (χ0v) is 11.8. The van der Waals surface area contributed by atoms with E-state index in [1.807, 2.05) is 62.4 Å². The third kappa shape index (κ3) is 2.58. The Labute approximate surface area is 103 Å². The van der Waals surface area contributed by atoms with Gasteiger partial charge >= 0.3 is 103 Å². The minimum absolute atomic E-state index is 0.998. The Kier molecular flexibility index (Phi) is 3.53. The zero-order chi connectivity index (χ0) is 11.5. The summed E-state index contributed by atoms with van der Waals surface area (Å²) in [5.41, 5.74) is 2.42. The van der Waals surface area contributed by atoms with Crippen molar-refractivity contribution in [2.24, 2.45) is 0 Å². The molecule has 2 aromatic rings. The molecule has 1 nitrogen and oxygen atoms in total. The predicted octanol–water partition coefficient (Wildman–Crippen LogP) is 1.84. The van der Waals surface area contributed by atoms with Gasteiger partial charge in [-0.2, -0.15) is 0 Å². The molecule has 0 aromatic heterocycles. The third-order valence-electron chi connectivity index (χ3n) is 2.47. The van der Waals surface area contributed by atoms with Gasteiger partial charge in [-0.15, -0.1) is 0 Å². The van der Waals surface area contributed by atoms with E-state index < -0.39 is 19.5 Å². The first-order chi connectivity index (χ1) is 7.66. The van der Waals surface area contributed by atoms with Crippen LogP contribution in [0.25, 0.3) is 0 Å². The van der Waals surface area contributed by atoms with E-state index in [2.05, 4.69) is 0 Å². The zero-order valence-electron chi connectivity index (χ0n) is 9.44. The van der Waals surface area contributed by atoms with Gasteiger partial charge in [0.1, 0.15) is 0 Å². The summed E-state index contributed by atoms with van der Waals surface area (Å²) >= 11 is -2.53. The molecule has 0 atom stereocenters. The molecule has 16 heavy (non-hydrogen) atoms. The quantitative estimate of drug-likeness (QED) is 0.770. The van der Waals surface area contributed by atoms with Crippen LogP contribution in [0.15, 0.2) is 48.5 Å². The topological polar surface area (TPSA) is 17.1 Å². The number of aryl methyl sites for hydroxylation is 2. The van der Waals surface area contributed by atoms with E-state index in [4.69, 9.17) is 0 Å². The van der Waals surface area contributed by atoms with Crippen LogP contribution < -0.4 is 7.22 Å². The first-order valence-corrected chi connectivity index (χ1v) is 8.50. The van der Waals surface area contributed by atoms with Crippen molar-refractivity contribution < 1.29 is 3.10 Å². The molecule has 2 aromatic carbocycles. The molecule has 0 amide bonds. The number of rotatable bonds is 2. The van der Waals surface area contributed by atoms with Gasteiger partial charge in [0.25, 0.3) is 0 Å². The van der Waals surface area contributed by atoms with Gasteiger partial charge in [0.05, 0.1) is 0 Å². The Morgan fingerprint density at radius 1 is 0.688 bits per heavy atom. The van der Waals surface area contributed by atoms with Crippen LogP contribution in [0, 0.1) is 13.8 Å². The van der Waals surface area contributed by atoms with Crippen LogP contribution in [0.5, 0.6) is 0 Å². The average Bonchev–Trinajstić information content (AvgIpc) is 2.30. The van der Waals surface area contributed by atoms with Crippen molar-refractivity contribution in [3.8, 4) is 0 Å². The van der Waals surface area contributed by atoms with E-state index in [1.165, 1.54) is 11.1 Å². The first-order valence-electron chi connectivity index (χ1n) is 5.22. The van der Waals surface area contributed by atoms with Crippen molar-refractivity contribution in [3.05, 3.63) is 59.7 Å². The van der Waals surface area contributed by atoms with Crippen LogP contribution >= 0.6 is 0 Å². The van der Waals surface area contributed by atoms with Gasteiger partial charge in [-0.25, -0.2) is 0 Å². The fourth-order valence-corrected chi connectivity index (χ4v) is 4.42. The van der Waals surface area contributed by atoms with Crippen LogP contribution in [0.1, 0.15) is 11.1 Å². The molecule has 0 aliphatic rings. The van der Waals surface area contributed by atoms with Crippen molar-refractivity contribution >= 4 is 26.8 Å². The molecule has 0 N–H and O–H groups in total. The van der Waals surface area contributed by atoms with Gasteiger partial charge in [-0.3, -0.25) is 0 Å². The van der Waals surface area contributed by atoms with E-state index in [9.17, 15) is 3.10 Å². The molecule has 2 heteroatoms. The van der Waals surface area contributed by atoms with Crippen molar-refractivity contribution in [1.29, 1.82) is 0 Å². The monoisotopic (exact) mass is 328 g/mol. The number of hydrogen-bond acceptors (Lipinski definition) is 1. The predicted molar refractivity (Wildman–Crippen MR) is 68.1 cm³/mol. The van der Waals surface area contributed by atoms with Gasteiger partial charge in [-0.1, -0.05) is 0 Å². The second-order valence-corrected chi connectivity index (χ2v) is 8.12. The van der Waals surface area contributed by atoms with Crippen LogP contribution in [0.4, 0.5) is 0 Å². The van der Waals surface area contributed by atoms with Crippen molar-refractivity contribution in [2.75, 3.05) is 0 Å². The standard InChI is InChI=1S/C14H14OTe/c1-11-3-7-13(8-4-11)16(15)14-9-5-12(2)6-10-14/h3-10H,1-2H3. The van der Waals surface area contributed by atoms with E-state index in [0.717, 1.165) is 7.22 Å². The molecule has 0 aliphatic heterocycles. The Morgan fingerprint density at radius 2 is 1.00 bits per heavy atom. The minimum atomic E-state index is -2.53. The normalized spacial score (nSPS) is 10.7. The second-order valence-electron chi connectivity index (χ2n) is 3.89. The molecule has 0 aliphatic carbocycles. The summed E-state index contributed by atoms with van der Waals surface area (Å²) in [4.78, 5) is 0. The fraction of sp³-hybridized carbons (Fsp3) is 0.143. The number of benzene rings is 2. The molecule has 0 bridgehead atoms. The van der Waals surface area contributed by atoms with E-state index in [-0.39, 0.29) is 0 Å². The summed E-state index contributed by atoms with van der Waals surface area (Å²) in [5.74, 6) is 0. The molecule has 0 heterocycles. The van der Waals surface area contributed by atoms with Crippen LogP contribution in [0.3, 0.4) is 0 Å². The molecule has 0 fully saturated rings. The Bertz CT molecular complexity index is 450. The van der Waals surface area contributed by atoms with Crippen molar-refractivity contribution in [1.82, 2.24) is 0 Å². The fourth-order valence-electron chi connectivity index (χ4n) is 1.46. The molecule has 0 saturated heterocycles. The number of hydrogen-bond donors (Lipinski definition) is 0. The molecule has 2 rings (SSSR count). The molecule has 0 spiro atoms. The second kappa shape index (κ2) is 4.91. The SMILES string of the molecule is Cc1ccc([Te](=O)c2ccc(C)cc2)cc1. The third-order valence-corrected chi connectivity index (χ3v) is 6.47. The Morgan fingerprint density at radius 3 is 1.31 bits per heavy atom. The van der Waals surface area contributed by atoms with Crippen LogP contribution in [-0.4, -0.2) is 19.5 Å². The molecule has 0 unspecified atom stereocenters. The van der Waals surface area contributed by atoms with E-state index >= 15 is 0 Å². The van der Waals surface area contributed by atoms with Gasteiger partial charge in [0.15, 0.2) is 0 Å². The average molecular weight is 326 g/mol. The van der Waals surface area contributed by atoms with E-state index in [1.54, 1.807) is 0 Å². The Balaban J connectivity index is 2.32. The van der Waals surface area contributed by atoms with Crippen molar-refractivity contribution in [3.63, 3.8) is 0 Å². The molecule has 0 radical (unpaired) electrons. The van der Waals surface area contributed by atoms with Gasteiger partial charge in [0.2, 0.25) is 0 Å². The molecular formula is C14H14OTe. The summed E-state index contributed by atoms with van der Waals surface area (Å²) in [7, 11) is 0. The summed E-state index contributed by atoms with van der Waals surface area (Å²) in [5, 5.41) is 0. The van der Waals surface area contributed by atoms with Gasteiger partial charge < -0.3 is 0 Å². The first kappa shape index (κ1) is 11.5. The maximum atomic E-state index is 12.3. The van der Waals surface area contributed by atoms with Crippen LogP contribution in [0.2, 0.25) is 0 Å². The Hall–Kier alpha value is -0.970. The molecule has 82 valence electrons. The van der Waals surface area contributed by atoms with Gasteiger partial charge in [-0.05, 0) is 0 Å². The van der Waals surface area contributed by atoms with Crippen molar-refractivity contribution in [2.45, 2.75) is 13.8 Å². The summed E-state index contributed by atoms with van der Waals surface area (Å²) in [6, 6.07) is 16.0. The van der Waals surface area contributed by atoms with Gasteiger partial charge in [0, 0.05) is 0 Å². The maximum absolute atomic E-state index is 12.3. The summed E-state index contributed by atoms with van der Waals surface area (Å²) in [6.45, 7) is 4.08. The summed E-state index contributed by atoms with van der Waals surface area (Å²) in [6.07, 6.45) is 0. The molecule has 0 saturated carbocycles.